The van der Waals surface area contributed by atoms with E-state index in [2.05, 4.69) is 10.6 Å². The van der Waals surface area contributed by atoms with Crippen molar-refractivity contribution in [2.75, 3.05) is 18.4 Å². The molecule has 2 N–H and O–H groups in total. The molecule has 1 amide bonds. The van der Waals surface area contributed by atoms with Gasteiger partial charge in [0.05, 0.1) is 16.8 Å². The first-order valence-electron chi connectivity index (χ1n) is 6.50. The van der Waals surface area contributed by atoms with Crippen LogP contribution in [0.4, 0.5) is 18.9 Å². The van der Waals surface area contributed by atoms with Crippen molar-refractivity contribution in [3.05, 3.63) is 29.3 Å². The lowest BCUT2D eigenvalue weighted by molar-refractivity contribution is -0.137. The molecule has 0 spiro atoms. The van der Waals surface area contributed by atoms with Crippen molar-refractivity contribution in [1.82, 2.24) is 5.32 Å². The third kappa shape index (κ3) is 5.34. The van der Waals surface area contributed by atoms with Crippen LogP contribution < -0.4 is 10.6 Å². The van der Waals surface area contributed by atoms with Crippen LogP contribution in [0.5, 0.6) is 0 Å². The number of rotatable bonds is 6. The van der Waals surface area contributed by atoms with Gasteiger partial charge in [-0.05, 0) is 24.6 Å². The quantitative estimate of drug-likeness (QED) is 0.849. The molecule has 0 bridgehead atoms. The summed E-state index contributed by atoms with van der Waals surface area (Å²) in [7, 11) is 0. The van der Waals surface area contributed by atoms with Crippen LogP contribution >= 0.6 is 0 Å². The Morgan fingerprint density at radius 1 is 1.33 bits per heavy atom. The highest BCUT2D eigenvalue weighted by Gasteiger charge is 2.31. The predicted molar refractivity (Wildman–Crippen MR) is 72.6 cm³/mol. The Hall–Kier alpha value is -2.23. The van der Waals surface area contributed by atoms with Crippen molar-refractivity contribution in [3.8, 4) is 6.07 Å². The van der Waals surface area contributed by atoms with Crippen LogP contribution in [-0.4, -0.2) is 19.0 Å². The zero-order chi connectivity index (χ0) is 15.9. The van der Waals surface area contributed by atoms with Gasteiger partial charge in [-0.2, -0.15) is 18.4 Å². The summed E-state index contributed by atoms with van der Waals surface area (Å²) in [5.74, 6) is -0.144. The van der Waals surface area contributed by atoms with Crippen LogP contribution in [0.1, 0.15) is 30.9 Å². The van der Waals surface area contributed by atoms with Gasteiger partial charge in [0, 0.05) is 19.5 Å². The molecule has 21 heavy (non-hydrogen) atoms. The first-order chi connectivity index (χ1) is 9.88. The molecule has 0 radical (unpaired) electrons. The highest BCUT2D eigenvalue weighted by molar-refractivity contribution is 5.76. The number of anilines is 1. The van der Waals surface area contributed by atoms with Gasteiger partial charge < -0.3 is 10.6 Å². The Morgan fingerprint density at radius 2 is 2.05 bits per heavy atom. The van der Waals surface area contributed by atoms with Crippen LogP contribution in [0.2, 0.25) is 0 Å². The van der Waals surface area contributed by atoms with Gasteiger partial charge in [-0.3, -0.25) is 4.79 Å². The average Bonchev–Trinajstić information content (AvgIpc) is 2.44. The molecule has 0 aliphatic rings. The van der Waals surface area contributed by atoms with Gasteiger partial charge in [-0.1, -0.05) is 6.92 Å². The molecule has 0 atom stereocenters. The standard InChI is InChI=1S/C14H16F3N3O/c1-2-6-20-13(21)5-7-19-12-4-3-11(14(15,16)17)8-10(12)9-18/h3-4,8,19H,2,5-7H2,1H3,(H,20,21). The van der Waals surface area contributed by atoms with Gasteiger partial charge >= 0.3 is 6.18 Å². The molecule has 1 rings (SSSR count). The SMILES string of the molecule is CCCNC(=O)CCNc1ccc(C(F)(F)F)cc1C#N. The smallest absolute Gasteiger partial charge is 0.383 e. The van der Waals surface area contributed by atoms with Gasteiger partial charge in [0.1, 0.15) is 6.07 Å². The zero-order valence-electron chi connectivity index (χ0n) is 11.5. The second-order valence-electron chi connectivity index (χ2n) is 4.40. The molecule has 0 saturated carbocycles. The fourth-order valence-electron chi connectivity index (χ4n) is 1.63. The van der Waals surface area contributed by atoms with Crippen LogP contribution in [-0.2, 0) is 11.0 Å². The minimum Gasteiger partial charge on any atom is -0.383 e. The fraction of sp³-hybridized carbons (Fsp3) is 0.429. The van der Waals surface area contributed by atoms with Crippen molar-refractivity contribution in [3.63, 3.8) is 0 Å². The molecule has 4 nitrogen and oxygen atoms in total. The van der Waals surface area contributed by atoms with E-state index in [0.717, 1.165) is 18.6 Å². The molecule has 0 heterocycles. The molecule has 7 heteroatoms. The van der Waals surface area contributed by atoms with E-state index in [4.69, 9.17) is 5.26 Å². The van der Waals surface area contributed by atoms with Gasteiger partial charge in [0.2, 0.25) is 5.91 Å². The summed E-state index contributed by atoms with van der Waals surface area (Å²) in [6.07, 6.45) is -3.47. The second kappa shape index (κ2) is 7.53. The van der Waals surface area contributed by atoms with Crippen LogP contribution in [0.15, 0.2) is 18.2 Å². The summed E-state index contributed by atoms with van der Waals surface area (Å²) in [6.45, 7) is 2.76. The summed E-state index contributed by atoms with van der Waals surface area (Å²) >= 11 is 0. The molecule has 0 aliphatic carbocycles. The number of carbonyl (C=O) groups is 1. The maximum absolute atomic E-state index is 12.5. The summed E-state index contributed by atoms with van der Waals surface area (Å²) in [6, 6.07) is 4.61. The van der Waals surface area contributed by atoms with Gasteiger partial charge in [-0.25, -0.2) is 0 Å². The third-order valence-electron chi connectivity index (χ3n) is 2.71. The number of hydrogen-bond acceptors (Lipinski definition) is 3. The molecule has 0 aliphatic heterocycles. The normalized spacial score (nSPS) is 10.8. The van der Waals surface area contributed by atoms with E-state index in [-0.39, 0.29) is 30.1 Å². The van der Waals surface area contributed by atoms with Gasteiger partial charge in [0.25, 0.3) is 0 Å². The Balaban J connectivity index is 2.64. The van der Waals surface area contributed by atoms with Crippen LogP contribution in [0, 0.1) is 11.3 Å². The topological polar surface area (TPSA) is 64.9 Å². The number of halogens is 3. The summed E-state index contributed by atoms with van der Waals surface area (Å²) in [5.41, 5.74) is -0.683. The van der Waals surface area contributed by atoms with Gasteiger partial charge in [0.15, 0.2) is 0 Å². The average molecular weight is 299 g/mol. The van der Waals surface area contributed by atoms with E-state index in [1.54, 1.807) is 6.07 Å². The molecular weight excluding hydrogens is 283 g/mol. The van der Waals surface area contributed by atoms with E-state index in [9.17, 15) is 18.0 Å². The summed E-state index contributed by atoms with van der Waals surface area (Å²) in [4.78, 5) is 11.4. The molecule has 0 unspecified atom stereocenters. The molecule has 0 aromatic heterocycles. The number of amides is 1. The number of carbonyl (C=O) groups excluding carboxylic acids is 1. The molecule has 114 valence electrons. The lowest BCUT2D eigenvalue weighted by Crippen LogP contribution is -2.26. The monoisotopic (exact) mass is 299 g/mol. The molecular formula is C14H16F3N3O. The zero-order valence-corrected chi connectivity index (χ0v) is 11.5. The highest BCUT2D eigenvalue weighted by atomic mass is 19.4. The van der Waals surface area contributed by atoms with Crippen molar-refractivity contribution in [2.24, 2.45) is 0 Å². The Kier molecular flexibility index (Phi) is 6.03. The molecule has 1 aromatic rings. The van der Waals surface area contributed by atoms with E-state index < -0.39 is 11.7 Å². The van der Waals surface area contributed by atoms with E-state index in [1.807, 2.05) is 6.92 Å². The number of hydrogen-bond donors (Lipinski definition) is 2. The van der Waals surface area contributed by atoms with Crippen molar-refractivity contribution in [1.29, 1.82) is 5.26 Å². The maximum Gasteiger partial charge on any atom is 0.416 e. The highest BCUT2D eigenvalue weighted by Crippen LogP contribution is 2.31. The fourth-order valence-corrected chi connectivity index (χ4v) is 1.63. The molecule has 1 aromatic carbocycles. The lowest BCUT2D eigenvalue weighted by Gasteiger charge is -2.11. The largest absolute Gasteiger partial charge is 0.416 e. The number of nitriles is 1. The number of alkyl halides is 3. The maximum atomic E-state index is 12.5. The summed E-state index contributed by atoms with van der Waals surface area (Å²) < 4.78 is 37.6. The molecule has 0 saturated heterocycles. The van der Waals surface area contributed by atoms with E-state index >= 15 is 0 Å². The minimum absolute atomic E-state index is 0.0983. The van der Waals surface area contributed by atoms with Gasteiger partial charge in [-0.15, -0.1) is 0 Å². The number of nitrogens with one attached hydrogen (secondary N) is 2. The Morgan fingerprint density at radius 3 is 2.62 bits per heavy atom. The first kappa shape index (κ1) is 16.8. The Bertz CT molecular complexity index is 535. The third-order valence-corrected chi connectivity index (χ3v) is 2.71. The van der Waals surface area contributed by atoms with Crippen molar-refractivity contribution in [2.45, 2.75) is 25.9 Å². The summed E-state index contributed by atoms with van der Waals surface area (Å²) in [5, 5.41) is 14.4. The van der Waals surface area contributed by atoms with E-state index in [1.165, 1.54) is 6.07 Å². The molecule has 0 fully saturated rings. The minimum atomic E-state index is -4.48. The predicted octanol–water partition coefficient (Wildman–Crippen LogP) is 2.91. The van der Waals surface area contributed by atoms with Crippen molar-refractivity contribution < 1.29 is 18.0 Å². The Labute approximate surface area is 121 Å². The number of nitrogens with zero attached hydrogens (tertiary/aromatic N) is 1. The second-order valence-corrected chi connectivity index (χ2v) is 4.40. The van der Waals surface area contributed by atoms with Crippen LogP contribution in [0.25, 0.3) is 0 Å². The lowest BCUT2D eigenvalue weighted by atomic mass is 10.1. The van der Waals surface area contributed by atoms with Crippen molar-refractivity contribution >= 4 is 11.6 Å². The van der Waals surface area contributed by atoms with Crippen LogP contribution in [0.3, 0.4) is 0 Å². The number of benzene rings is 1. The van der Waals surface area contributed by atoms with E-state index in [0.29, 0.717) is 6.54 Å². The first-order valence-corrected chi connectivity index (χ1v) is 6.50.